The molecular formula is C19H21N3O3S. The van der Waals surface area contributed by atoms with Gasteiger partial charge in [-0.1, -0.05) is 13.0 Å². The summed E-state index contributed by atoms with van der Waals surface area (Å²) in [6.07, 6.45) is 1.55. The van der Waals surface area contributed by atoms with Gasteiger partial charge >= 0.3 is 0 Å². The molecule has 2 aliphatic heterocycles. The number of imide groups is 1. The Balaban J connectivity index is 1.67. The van der Waals surface area contributed by atoms with Crippen LogP contribution in [0, 0.1) is 0 Å². The van der Waals surface area contributed by atoms with E-state index in [1.54, 1.807) is 18.4 Å². The van der Waals surface area contributed by atoms with E-state index in [0.29, 0.717) is 17.0 Å². The second-order valence-electron chi connectivity index (χ2n) is 6.40. The van der Waals surface area contributed by atoms with Crippen molar-refractivity contribution in [2.24, 2.45) is 0 Å². The molecule has 6 nitrogen and oxygen atoms in total. The van der Waals surface area contributed by atoms with Gasteiger partial charge in [0.2, 0.25) is 0 Å². The summed E-state index contributed by atoms with van der Waals surface area (Å²) in [5.74, 6) is 0.149. The van der Waals surface area contributed by atoms with Crippen molar-refractivity contribution in [2.45, 2.75) is 13.5 Å². The molecule has 2 aromatic heterocycles. The lowest BCUT2D eigenvalue weighted by molar-refractivity contribution is -0.138. The van der Waals surface area contributed by atoms with Crippen molar-refractivity contribution >= 4 is 28.7 Å². The van der Waals surface area contributed by atoms with E-state index >= 15 is 0 Å². The average Bonchev–Trinajstić information content (AvgIpc) is 3.40. The van der Waals surface area contributed by atoms with Gasteiger partial charge in [0.25, 0.3) is 11.8 Å². The van der Waals surface area contributed by atoms with E-state index in [1.165, 1.54) is 16.2 Å². The number of rotatable bonds is 5. The van der Waals surface area contributed by atoms with Gasteiger partial charge in [-0.05, 0) is 30.1 Å². The maximum atomic E-state index is 13.2. The summed E-state index contributed by atoms with van der Waals surface area (Å²) in [4.78, 5) is 32.8. The minimum Gasteiger partial charge on any atom is -0.467 e. The Morgan fingerprint density at radius 1 is 1.08 bits per heavy atom. The van der Waals surface area contributed by atoms with Gasteiger partial charge in [-0.3, -0.25) is 14.5 Å². The van der Waals surface area contributed by atoms with Crippen LogP contribution in [0.15, 0.2) is 46.0 Å². The van der Waals surface area contributed by atoms with Gasteiger partial charge in [-0.25, -0.2) is 0 Å². The lowest BCUT2D eigenvalue weighted by Gasteiger charge is -2.35. The summed E-state index contributed by atoms with van der Waals surface area (Å²) in [5.41, 5.74) is 1.07. The third-order valence-corrected chi connectivity index (χ3v) is 5.83. The van der Waals surface area contributed by atoms with Crippen LogP contribution < -0.4 is 0 Å². The van der Waals surface area contributed by atoms with Gasteiger partial charge in [-0.2, -0.15) is 0 Å². The molecule has 0 radical (unpaired) electrons. The zero-order chi connectivity index (χ0) is 18.1. The van der Waals surface area contributed by atoms with Crippen molar-refractivity contribution in [3.8, 4) is 0 Å². The predicted octanol–water partition coefficient (Wildman–Crippen LogP) is 2.26. The van der Waals surface area contributed by atoms with Gasteiger partial charge in [0.15, 0.2) is 0 Å². The van der Waals surface area contributed by atoms with E-state index in [0.717, 1.165) is 37.6 Å². The SMILES string of the molecule is CCN1CCN(C2=C(c3cccs3)C(=O)N(Cc3ccco3)C2=O)CC1. The molecule has 136 valence electrons. The normalized spacial score (nSPS) is 19.1. The number of carbonyl (C=O) groups is 2. The van der Waals surface area contributed by atoms with Crippen molar-refractivity contribution in [1.82, 2.24) is 14.7 Å². The first kappa shape index (κ1) is 17.1. The monoisotopic (exact) mass is 371 g/mol. The Morgan fingerprint density at radius 3 is 2.50 bits per heavy atom. The number of nitrogens with zero attached hydrogens (tertiary/aromatic N) is 3. The van der Waals surface area contributed by atoms with E-state index in [9.17, 15) is 9.59 Å². The zero-order valence-electron chi connectivity index (χ0n) is 14.7. The number of thiophene rings is 1. The highest BCUT2D eigenvalue weighted by Crippen LogP contribution is 2.35. The minimum absolute atomic E-state index is 0.165. The fourth-order valence-electron chi connectivity index (χ4n) is 3.49. The molecule has 0 aromatic carbocycles. The molecule has 2 amide bonds. The molecular weight excluding hydrogens is 350 g/mol. The first-order valence-corrected chi connectivity index (χ1v) is 9.71. The van der Waals surface area contributed by atoms with Gasteiger partial charge in [0.1, 0.15) is 11.5 Å². The molecule has 1 saturated heterocycles. The fraction of sp³-hybridized carbons (Fsp3) is 0.368. The molecule has 0 spiro atoms. The largest absolute Gasteiger partial charge is 0.467 e. The van der Waals surface area contributed by atoms with E-state index < -0.39 is 0 Å². The number of likely N-dealkylation sites (N-methyl/N-ethyl adjacent to an activating group) is 1. The second-order valence-corrected chi connectivity index (χ2v) is 7.35. The summed E-state index contributed by atoms with van der Waals surface area (Å²) >= 11 is 1.49. The van der Waals surface area contributed by atoms with Gasteiger partial charge < -0.3 is 14.2 Å². The maximum absolute atomic E-state index is 13.2. The Kier molecular flexibility index (Phi) is 4.65. The third-order valence-electron chi connectivity index (χ3n) is 4.94. The molecule has 0 N–H and O–H groups in total. The standard InChI is InChI=1S/C19H21N3O3S/c1-2-20-7-9-21(10-8-20)17-16(15-6-4-12-26-15)18(23)22(19(17)24)13-14-5-3-11-25-14/h3-6,11-12H,2,7-10,13H2,1H3. The molecule has 26 heavy (non-hydrogen) atoms. The molecule has 4 rings (SSSR count). The zero-order valence-corrected chi connectivity index (χ0v) is 15.5. The van der Waals surface area contributed by atoms with Crippen LogP contribution in [-0.2, 0) is 16.1 Å². The van der Waals surface area contributed by atoms with Gasteiger partial charge in [-0.15, -0.1) is 11.3 Å². The molecule has 1 fully saturated rings. The predicted molar refractivity (Wildman–Crippen MR) is 99.2 cm³/mol. The molecule has 2 aliphatic rings. The lowest BCUT2D eigenvalue weighted by Crippen LogP contribution is -2.47. The average molecular weight is 371 g/mol. The first-order chi connectivity index (χ1) is 12.7. The Bertz CT molecular complexity index is 818. The van der Waals surface area contributed by atoms with Crippen molar-refractivity contribution < 1.29 is 14.0 Å². The van der Waals surface area contributed by atoms with Crippen LogP contribution in [0.3, 0.4) is 0 Å². The Hall–Kier alpha value is -2.38. The molecule has 4 heterocycles. The van der Waals surface area contributed by atoms with Crippen LogP contribution >= 0.6 is 11.3 Å². The number of hydrogen-bond acceptors (Lipinski definition) is 6. The third kappa shape index (κ3) is 2.97. The van der Waals surface area contributed by atoms with E-state index in [4.69, 9.17) is 4.42 Å². The quantitative estimate of drug-likeness (QED) is 0.755. The lowest BCUT2D eigenvalue weighted by atomic mass is 10.1. The summed E-state index contributed by atoms with van der Waals surface area (Å²) < 4.78 is 5.35. The number of piperazine rings is 1. The van der Waals surface area contributed by atoms with Crippen LogP contribution in [0.1, 0.15) is 17.6 Å². The van der Waals surface area contributed by atoms with Crippen molar-refractivity contribution in [2.75, 3.05) is 32.7 Å². The number of carbonyl (C=O) groups excluding carboxylic acids is 2. The van der Waals surface area contributed by atoms with Crippen LogP contribution in [0.5, 0.6) is 0 Å². The molecule has 0 unspecified atom stereocenters. The van der Waals surface area contributed by atoms with Gasteiger partial charge in [0.05, 0.1) is 18.4 Å². The highest BCUT2D eigenvalue weighted by molar-refractivity contribution is 7.11. The summed E-state index contributed by atoms with van der Waals surface area (Å²) in [7, 11) is 0. The van der Waals surface area contributed by atoms with E-state index in [1.807, 2.05) is 17.5 Å². The molecule has 7 heteroatoms. The Morgan fingerprint density at radius 2 is 1.88 bits per heavy atom. The summed E-state index contributed by atoms with van der Waals surface area (Å²) in [5, 5.41) is 1.93. The smallest absolute Gasteiger partial charge is 0.278 e. The van der Waals surface area contributed by atoms with Crippen molar-refractivity contribution in [1.29, 1.82) is 0 Å². The van der Waals surface area contributed by atoms with E-state index in [-0.39, 0.29) is 18.4 Å². The van der Waals surface area contributed by atoms with Crippen molar-refractivity contribution in [3.05, 3.63) is 52.2 Å². The fourth-order valence-corrected chi connectivity index (χ4v) is 4.25. The highest BCUT2D eigenvalue weighted by atomic mass is 32.1. The highest BCUT2D eigenvalue weighted by Gasteiger charge is 2.42. The first-order valence-electron chi connectivity index (χ1n) is 8.83. The topological polar surface area (TPSA) is 57.0 Å². The van der Waals surface area contributed by atoms with Crippen LogP contribution in [0.2, 0.25) is 0 Å². The molecule has 2 aromatic rings. The van der Waals surface area contributed by atoms with Crippen LogP contribution in [0.4, 0.5) is 0 Å². The Labute approximate surface area is 156 Å². The summed E-state index contributed by atoms with van der Waals surface area (Å²) in [6.45, 7) is 6.62. The number of amides is 2. The van der Waals surface area contributed by atoms with Gasteiger partial charge in [0, 0.05) is 31.1 Å². The number of hydrogen-bond donors (Lipinski definition) is 0. The van der Waals surface area contributed by atoms with E-state index in [2.05, 4.69) is 16.7 Å². The summed E-state index contributed by atoms with van der Waals surface area (Å²) in [6, 6.07) is 7.36. The molecule has 0 bridgehead atoms. The second kappa shape index (κ2) is 7.09. The maximum Gasteiger partial charge on any atom is 0.278 e. The minimum atomic E-state index is -0.234. The molecule has 0 atom stereocenters. The van der Waals surface area contributed by atoms with Crippen LogP contribution in [-0.4, -0.2) is 59.2 Å². The molecule has 0 saturated carbocycles. The molecule has 0 aliphatic carbocycles. The number of furan rings is 1. The van der Waals surface area contributed by atoms with Crippen LogP contribution in [0.25, 0.3) is 5.57 Å². The van der Waals surface area contributed by atoms with Crippen molar-refractivity contribution in [3.63, 3.8) is 0 Å².